The van der Waals surface area contributed by atoms with Crippen LogP contribution >= 0.6 is 11.3 Å². The maximum atomic E-state index is 5.61. The zero-order chi connectivity index (χ0) is 12.6. The summed E-state index contributed by atoms with van der Waals surface area (Å²) in [5.41, 5.74) is 2.28. The molecule has 0 aliphatic heterocycles. The molecule has 3 rings (SSSR count). The fourth-order valence-electron chi connectivity index (χ4n) is 2.36. The van der Waals surface area contributed by atoms with Crippen LogP contribution in [-0.4, -0.2) is 29.2 Å². The molecule has 0 radical (unpaired) electrons. The highest BCUT2D eigenvalue weighted by molar-refractivity contribution is 7.18. The molecular formula is C13H17N3OS. The number of thiophene rings is 1. The Balaban J connectivity index is 1.82. The quantitative estimate of drug-likeness (QED) is 0.921. The first-order valence-electron chi connectivity index (χ1n) is 6.22. The minimum atomic E-state index is 0.0174. The molecule has 1 fully saturated rings. The van der Waals surface area contributed by atoms with Gasteiger partial charge in [-0.2, -0.15) is 0 Å². The van der Waals surface area contributed by atoms with Crippen LogP contribution in [0.2, 0.25) is 0 Å². The van der Waals surface area contributed by atoms with Gasteiger partial charge in [0.25, 0.3) is 0 Å². The number of nitrogens with one attached hydrogen (secondary N) is 1. The Kier molecular flexibility index (Phi) is 2.95. The predicted molar refractivity (Wildman–Crippen MR) is 74.2 cm³/mol. The topological polar surface area (TPSA) is 47.0 Å². The molecule has 0 bridgehead atoms. The second-order valence-corrected chi connectivity index (χ2v) is 5.79. The van der Waals surface area contributed by atoms with E-state index in [0.29, 0.717) is 0 Å². The van der Waals surface area contributed by atoms with Crippen molar-refractivity contribution in [3.63, 3.8) is 0 Å². The second kappa shape index (κ2) is 4.48. The molecule has 0 unspecified atom stereocenters. The van der Waals surface area contributed by atoms with Crippen molar-refractivity contribution in [1.29, 1.82) is 0 Å². The molecule has 0 spiro atoms. The molecule has 96 valence electrons. The van der Waals surface area contributed by atoms with Gasteiger partial charge in [-0.3, -0.25) is 0 Å². The van der Waals surface area contributed by atoms with Gasteiger partial charge in [0.1, 0.15) is 12.1 Å². The number of methoxy groups -OCH3 is 1. The number of fused-ring (bicyclic) bond motifs is 1. The maximum Gasteiger partial charge on any atom is 0.147 e. The van der Waals surface area contributed by atoms with E-state index >= 15 is 0 Å². The normalized spacial score (nSPS) is 17.7. The highest BCUT2D eigenvalue weighted by atomic mass is 32.1. The van der Waals surface area contributed by atoms with Crippen molar-refractivity contribution in [2.24, 2.45) is 0 Å². The molecule has 0 amide bonds. The van der Waals surface area contributed by atoms with Crippen molar-refractivity contribution >= 4 is 27.4 Å². The van der Waals surface area contributed by atoms with Gasteiger partial charge in [-0.1, -0.05) is 0 Å². The summed E-state index contributed by atoms with van der Waals surface area (Å²) in [5.74, 6) is 0.932. The molecular weight excluding hydrogens is 246 g/mol. The van der Waals surface area contributed by atoms with Gasteiger partial charge in [-0.25, -0.2) is 9.97 Å². The van der Waals surface area contributed by atoms with E-state index in [9.17, 15) is 0 Å². The summed E-state index contributed by atoms with van der Waals surface area (Å²) in [6.07, 6.45) is 5.15. The molecule has 1 aliphatic rings. The van der Waals surface area contributed by atoms with Gasteiger partial charge >= 0.3 is 0 Å². The summed E-state index contributed by atoms with van der Waals surface area (Å²) < 4.78 is 6.75. The largest absolute Gasteiger partial charge is 0.376 e. The van der Waals surface area contributed by atoms with Crippen molar-refractivity contribution in [3.8, 4) is 0 Å². The van der Waals surface area contributed by atoms with E-state index < -0.39 is 0 Å². The number of aromatic nitrogens is 2. The third-order valence-electron chi connectivity index (χ3n) is 3.81. The number of rotatable bonds is 4. The molecule has 18 heavy (non-hydrogen) atoms. The standard InChI is InChI=1S/C13H17N3OS/c1-9-6-18-11-10(9)15-8-16-12(11)14-7-13(17-2)4-3-5-13/h6,8H,3-5,7H2,1-2H3,(H,14,15,16). The van der Waals surface area contributed by atoms with E-state index in [1.807, 2.05) is 0 Å². The van der Waals surface area contributed by atoms with Gasteiger partial charge in [-0.15, -0.1) is 11.3 Å². The van der Waals surface area contributed by atoms with E-state index in [1.165, 1.54) is 12.0 Å². The first kappa shape index (κ1) is 11.9. The lowest BCUT2D eigenvalue weighted by Gasteiger charge is -2.40. The lowest BCUT2D eigenvalue weighted by molar-refractivity contribution is -0.0601. The maximum absolute atomic E-state index is 5.61. The number of anilines is 1. The van der Waals surface area contributed by atoms with E-state index in [4.69, 9.17) is 4.74 Å². The summed E-state index contributed by atoms with van der Waals surface area (Å²) >= 11 is 1.70. The molecule has 0 aromatic carbocycles. The highest BCUT2D eigenvalue weighted by Crippen LogP contribution is 2.36. The molecule has 0 saturated heterocycles. The van der Waals surface area contributed by atoms with E-state index in [2.05, 4.69) is 27.6 Å². The van der Waals surface area contributed by atoms with E-state index in [1.54, 1.807) is 24.8 Å². The van der Waals surface area contributed by atoms with Crippen LogP contribution in [0.4, 0.5) is 5.82 Å². The van der Waals surface area contributed by atoms with Gasteiger partial charge in [0.05, 0.1) is 15.8 Å². The molecule has 0 atom stereocenters. The van der Waals surface area contributed by atoms with Crippen LogP contribution in [0.5, 0.6) is 0 Å². The second-order valence-electron chi connectivity index (χ2n) is 4.91. The smallest absolute Gasteiger partial charge is 0.147 e. The van der Waals surface area contributed by atoms with Gasteiger partial charge in [0, 0.05) is 13.7 Å². The Bertz CT molecular complexity index is 557. The van der Waals surface area contributed by atoms with Crippen molar-refractivity contribution in [1.82, 2.24) is 9.97 Å². The Morgan fingerprint density at radius 2 is 2.28 bits per heavy atom. The van der Waals surface area contributed by atoms with Crippen LogP contribution < -0.4 is 5.32 Å². The van der Waals surface area contributed by atoms with E-state index in [-0.39, 0.29) is 5.60 Å². The van der Waals surface area contributed by atoms with Crippen molar-refractivity contribution in [2.75, 3.05) is 19.0 Å². The third kappa shape index (κ3) is 1.87. The Hall–Kier alpha value is -1.20. The number of hydrogen-bond donors (Lipinski definition) is 1. The summed E-state index contributed by atoms with van der Waals surface area (Å²) in [4.78, 5) is 8.68. The average Bonchev–Trinajstić information content (AvgIpc) is 2.72. The summed E-state index contributed by atoms with van der Waals surface area (Å²) in [5, 5.41) is 5.55. The first-order valence-corrected chi connectivity index (χ1v) is 7.10. The molecule has 1 aliphatic carbocycles. The SMILES string of the molecule is COC1(CNc2ncnc3c(C)csc23)CCC1. The fraction of sp³-hybridized carbons (Fsp3) is 0.538. The minimum Gasteiger partial charge on any atom is -0.376 e. The summed E-state index contributed by atoms with van der Waals surface area (Å²) in [6.45, 7) is 2.91. The lowest BCUT2D eigenvalue weighted by atomic mass is 9.80. The van der Waals surface area contributed by atoms with Gasteiger partial charge < -0.3 is 10.1 Å². The number of ether oxygens (including phenoxy) is 1. The fourth-order valence-corrected chi connectivity index (χ4v) is 3.33. The number of aryl methyl sites for hydroxylation is 1. The Morgan fingerprint density at radius 3 is 2.94 bits per heavy atom. The zero-order valence-corrected chi connectivity index (χ0v) is 11.5. The van der Waals surface area contributed by atoms with Gasteiger partial charge in [0.15, 0.2) is 0 Å². The minimum absolute atomic E-state index is 0.0174. The molecule has 2 aromatic heterocycles. The monoisotopic (exact) mass is 263 g/mol. The number of hydrogen-bond acceptors (Lipinski definition) is 5. The molecule has 2 heterocycles. The van der Waals surface area contributed by atoms with Crippen LogP contribution in [0.1, 0.15) is 24.8 Å². The average molecular weight is 263 g/mol. The summed E-state index contributed by atoms with van der Waals surface area (Å²) in [7, 11) is 1.80. The Labute approximate surface area is 110 Å². The molecule has 1 N–H and O–H groups in total. The highest BCUT2D eigenvalue weighted by Gasteiger charge is 2.36. The molecule has 1 saturated carbocycles. The van der Waals surface area contributed by atoms with Crippen molar-refractivity contribution < 1.29 is 4.74 Å². The van der Waals surface area contributed by atoms with Crippen LogP contribution in [0, 0.1) is 6.92 Å². The first-order chi connectivity index (χ1) is 8.74. The van der Waals surface area contributed by atoms with E-state index in [0.717, 1.165) is 35.4 Å². The van der Waals surface area contributed by atoms with Crippen LogP contribution in [-0.2, 0) is 4.74 Å². The zero-order valence-electron chi connectivity index (χ0n) is 10.7. The van der Waals surface area contributed by atoms with Gasteiger partial charge in [0.2, 0.25) is 0 Å². The van der Waals surface area contributed by atoms with Crippen LogP contribution in [0.3, 0.4) is 0 Å². The van der Waals surface area contributed by atoms with Crippen LogP contribution in [0.15, 0.2) is 11.7 Å². The molecule has 4 nitrogen and oxygen atoms in total. The predicted octanol–water partition coefficient (Wildman–Crippen LogP) is 2.98. The lowest BCUT2D eigenvalue weighted by Crippen LogP contribution is -2.45. The third-order valence-corrected chi connectivity index (χ3v) is 4.90. The number of nitrogens with zero attached hydrogens (tertiary/aromatic N) is 2. The molecule has 2 aromatic rings. The molecule has 5 heteroatoms. The Morgan fingerprint density at radius 1 is 1.44 bits per heavy atom. The van der Waals surface area contributed by atoms with Crippen molar-refractivity contribution in [2.45, 2.75) is 31.8 Å². The summed E-state index contributed by atoms with van der Waals surface area (Å²) in [6, 6.07) is 0. The van der Waals surface area contributed by atoms with Crippen LogP contribution in [0.25, 0.3) is 10.2 Å². The van der Waals surface area contributed by atoms with Crippen molar-refractivity contribution in [3.05, 3.63) is 17.3 Å². The van der Waals surface area contributed by atoms with Gasteiger partial charge in [-0.05, 0) is 37.1 Å².